The molecule has 1 saturated heterocycles. The van der Waals surface area contributed by atoms with Gasteiger partial charge in [-0.25, -0.2) is 0 Å². The molecule has 0 spiro atoms. The summed E-state index contributed by atoms with van der Waals surface area (Å²) < 4.78 is 6.02. The van der Waals surface area contributed by atoms with Crippen molar-refractivity contribution in [3.63, 3.8) is 0 Å². The second-order valence-corrected chi connectivity index (χ2v) is 8.02. The lowest BCUT2D eigenvalue weighted by Crippen LogP contribution is -2.45. The van der Waals surface area contributed by atoms with E-state index in [0.717, 1.165) is 32.4 Å². The lowest BCUT2D eigenvalue weighted by atomic mass is 9.67. The van der Waals surface area contributed by atoms with Crippen molar-refractivity contribution < 1.29 is 4.74 Å². The summed E-state index contributed by atoms with van der Waals surface area (Å²) in [5.74, 6) is 0. The highest BCUT2D eigenvalue weighted by molar-refractivity contribution is 5.27. The normalized spacial score (nSPS) is 24.0. The van der Waals surface area contributed by atoms with E-state index >= 15 is 0 Å². The first-order valence-corrected chi connectivity index (χ1v) is 9.49. The minimum absolute atomic E-state index is 0.0564. The Kier molecular flexibility index (Phi) is 5.61. The van der Waals surface area contributed by atoms with Crippen LogP contribution in [0.25, 0.3) is 0 Å². The fourth-order valence-electron chi connectivity index (χ4n) is 4.26. The second kappa shape index (κ2) is 7.72. The van der Waals surface area contributed by atoms with Crippen LogP contribution in [-0.2, 0) is 10.2 Å². The van der Waals surface area contributed by atoms with Crippen molar-refractivity contribution in [2.45, 2.75) is 57.1 Å². The van der Waals surface area contributed by atoms with Crippen molar-refractivity contribution in [3.8, 4) is 0 Å². The van der Waals surface area contributed by atoms with Gasteiger partial charge in [0.2, 0.25) is 0 Å². The predicted molar refractivity (Wildman–Crippen MR) is 105 cm³/mol. The Balaban J connectivity index is 1.71. The maximum Gasteiger partial charge on any atom is 0.0635 e. The zero-order valence-electron chi connectivity index (χ0n) is 15.8. The number of ether oxygens (including phenoxy) is 1. The molecule has 0 aromatic heterocycles. The van der Waals surface area contributed by atoms with Crippen LogP contribution in [-0.4, -0.2) is 18.8 Å². The van der Waals surface area contributed by atoms with Crippen molar-refractivity contribution in [2.24, 2.45) is 0 Å². The van der Waals surface area contributed by atoms with Crippen LogP contribution in [0, 0.1) is 0 Å². The van der Waals surface area contributed by atoms with E-state index in [0.29, 0.717) is 6.04 Å². The first kappa shape index (κ1) is 18.2. The smallest absolute Gasteiger partial charge is 0.0635 e. The molecule has 1 N–H and O–H groups in total. The highest BCUT2D eigenvalue weighted by atomic mass is 16.5. The van der Waals surface area contributed by atoms with Crippen LogP contribution in [0.3, 0.4) is 0 Å². The van der Waals surface area contributed by atoms with Crippen LogP contribution in [0.2, 0.25) is 0 Å². The minimum Gasteiger partial charge on any atom is -0.376 e. The molecule has 0 unspecified atom stereocenters. The summed E-state index contributed by atoms with van der Waals surface area (Å²) in [5.41, 5.74) is 2.95. The van der Waals surface area contributed by atoms with Gasteiger partial charge in [0.15, 0.2) is 0 Å². The second-order valence-electron chi connectivity index (χ2n) is 8.02. The molecule has 134 valence electrons. The number of nitrogens with one attached hydrogen (secondary N) is 1. The molecule has 3 rings (SSSR count). The molecule has 2 aromatic rings. The molecule has 2 atom stereocenters. The molecule has 25 heavy (non-hydrogen) atoms. The van der Waals surface area contributed by atoms with Gasteiger partial charge in [-0.3, -0.25) is 0 Å². The van der Waals surface area contributed by atoms with Gasteiger partial charge in [-0.15, -0.1) is 0 Å². The highest BCUT2D eigenvalue weighted by Crippen LogP contribution is 2.43. The van der Waals surface area contributed by atoms with Crippen LogP contribution in [0.4, 0.5) is 0 Å². The summed E-state index contributed by atoms with van der Waals surface area (Å²) in [6.45, 7) is 8.56. The summed E-state index contributed by atoms with van der Waals surface area (Å²) >= 11 is 0. The van der Waals surface area contributed by atoms with Gasteiger partial charge in [-0.1, -0.05) is 60.7 Å². The largest absolute Gasteiger partial charge is 0.376 e. The molecule has 1 aliphatic heterocycles. The van der Waals surface area contributed by atoms with Gasteiger partial charge in [-0.05, 0) is 57.7 Å². The topological polar surface area (TPSA) is 21.3 Å². The molecule has 1 fully saturated rings. The van der Waals surface area contributed by atoms with Gasteiger partial charge in [0.05, 0.1) is 5.60 Å². The zero-order valence-corrected chi connectivity index (χ0v) is 15.8. The maximum absolute atomic E-state index is 6.02. The van der Waals surface area contributed by atoms with Gasteiger partial charge < -0.3 is 10.1 Å². The van der Waals surface area contributed by atoms with Gasteiger partial charge in [0.1, 0.15) is 0 Å². The summed E-state index contributed by atoms with van der Waals surface area (Å²) in [5, 5.41) is 3.73. The first-order valence-electron chi connectivity index (χ1n) is 9.49. The van der Waals surface area contributed by atoms with Gasteiger partial charge in [0.25, 0.3) is 0 Å². The number of rotatable bonds is 6. The molecular formula is C23H31NO. The van der Waals surface area contributed by atoms with E-state index in [1.165, 1.54) is 11.1 Å². The van der Waals surface area contributed by atoms with Gasteiger partial charge in [-0.2, -0.15) is 0 Å². The predicted octanol–water partition coefficient (Wildman–Crippen LogP) is 5.25. The van der Waals surface area contributed by atoms with E-state index in [-0.39, 0.29) is 11.0 Å². The molecule has 2 nitrogen and oxygen atoms in total. The highest BCUT2D eigenvalue weighted by Gasteiger charge is 2.41. The molecule has 2 heteroatoms. The molecule has 0 amide bonds. The van der Waals surface area contributed by atoms with Crippen LogP contribution >= 0.6 is 0 Å². The van der Waals surface area contributed by atoms with Gasteiger partial charge in [0, 0.05) is 18.1 Å². The number of hydrogen-bond donors (Lipinski definition) is 1. The van der Waals surface area contributed by atoms with E-state index in [4.69, 9.17) is 4.74 Å². The van der Waals surface area contributed by atoms with E-state index in [1.54, 1.807) is 0 Å². The van der Waals surface area contributed by atoms with Crippen molar-refractivity contribution >= 4 is 0 Å². The third-order valence-corrected chi connectivity index (χ3v) is 5.58. The monoisotopic (exact) mass is 337 g/mol. The third-order valence-electron chi connectivity index (χ3n) is 5.58. The zero-order chi connectivity index (χ0) is 17.8. The number of hydrogen-bond acceptors (Lipinski definition) is 2. The Labute approximate surface area is 152 Å². The first-order chi connectivity index (χ1) is 12.0. The summed E-state index contributed by atoms with van der Waals surface area (Å²) in [4.78, 5) is 0. The molecule has 0 aliphatic carbocycles. The maximum atomic E-state index is 6.02. The third kappa shape index (κ3) is 4.50. The van der Waals surface area contributed by atoms with Crippen LogP contribution in [0.15, 0.2) is 60.7 Å². The SMILES string of the molecule is C[C@H](NCC[C@]1(c2ccccc2)CCOC(C)(C)C1)c1ccccc1. The Morgan fingerprint density at radius 3 is 2.28 bits per heavy atom. The lowest BCUT2D eigenvalue weighted by Gasteiger charge is -2.45. The van der Waals surface area contributed by atoms with Crippen molar-refractivity contribution in [3.05, 3.63) is 71.8 Å². The van der Waals surface area contributed by atoms with Crippen molar-refractivity contribution in [1.82, 2.24) is 5.32 Å². The molecule has 2 aromatic carbocycles. The van der Waals surface area contributed by atoms with Crippen molar-refractivity contribution in [2.75, 3.05) is 13.2 Å². The minimum atomic E-state index is -0.0564. The van der Waals surface area contributed by atoms with Gasteiger partial charge >= 0.3 is 0 Å². The Bertz CT molecular complexity index is 652. The van der Waals surface area contributed by atoms with Crippen LogP contribution in [0.1, 0.15) is 57.2 Å². The standard InChI is InChI=1S/C23H31NO/c1-19(20-10-6-4-7-11-20)24-16-14-23(21-12-8-5-9-13-21)15-17-25-22(2,3)18-23/h4-13,19,24H,14-18H2,1-3H3/t19-,23-/m0/s1. The summed E-state index contributed by atoms with van der Waals surface area (Å²) in [7, 11) is 0. The Morgan fingerprint density at radius 1 is 1.00 bits per heavy atom. The Hall–Kier alpha value is -1.64. The van der Waals surface area contributed by atoms with Crippen LogP contribution < -0.4 is 5.32 Å². The molecular weight excluding hydrogens is 306 g/mol. The molecule has 0 radical (unpaired) electrons. The average molecular weight is 338 g/mol. The molecule has 0 saturated carbocycles. The van der Waals surface area contributed by atoms with E-state index < -0.39 is 0 Å². The van der Waals surface area contributed by atoms with E-state index in [9.17, 15) is 0 Å². The molecule has 0 bridgehead atoms. The average Bonchev–Trinajstić information content (AvgIpc) is 2.62. The number of benzene rings is 2. The van der Waals surface area contributed by atoms with E-state index in [2.05, 4.69) is 86.8 Å². The van der Waals surface area contributed by atoms with Crippen LogP contribution in [0.5, 0.6) is 0 Å². The lowest BCUT2D eigenvalue weighted by molar-refractivity contribution is -0.0840. The van der Waals surface area contributed by atoms with Crippen molar-refractivity contribution in [1.29, 1.82) is 0 Å². The Morgan fingerprint density at radius 2 is 1.64 bits per heavy atom. The summed E-state index contributed by atoms with van der Waals surface area (Å²) in [6.07, 6.45) is 3.31. The molecule has 1 heterocycles. The summed E-state index contributed by atoms with van der Waals surface area (Å²) in [6, 6.07) is 22.1. The quantitative estimate of drug-likeness (QED) is 0.777. The fraction of sp³-hybridized carbons (Fsp3) is 0.478. The fourth-order valence-corrected chi connectivity index (χ4v) is 4.26. The van der Waals surface area contributed by atoms with E-state index in [1.807, 2.05) is 0 Å². The molecule has 1 aliphatic rings.